The Labute approximate surface area is 105 Å². The molecule has 1 aliphatic heterocycles. The lowest BCUT2D eigenvalue weighted by atomic mass is 10.3. The Balaban J connectivity index is 2.38. The molecule has 8 nitrogen and oxygen atoms in total. The number of aliphatic carboxylic acids is 1. The van der Waals surface area contributed by atoms with Crippen LogP contribution in [0.4, 0.5) is 4.79 Å². The van der Waals surface area contributed by atoms with Crippen LogP contribution >= 0.6 is 0 Å². The van der Waals surface area contributed by atoms with Crippen LogP contribution < -0.4 is 5.32 Å². The van der Waals surface area contributed by atoms with Crippen LogP contribution in [0.5, 0.6) is 0 Å². The van der Waals surface area contributed by atoms with Crippen molar-refractivity contribution < 1.29 is 24.9 Å². The molecule has 0 aromatic rings. The summed E-state index contributed by atoms with van der Waals surface area (Å²) in [6.45, 7) is 2.26. The molecule has 1 aliphatic rings. The number of hydrogen-bond acceptors (Lipinski definition) is 5. The zero-order chi connectivity index (χ0) is 13.5. The van der Waals surface area contributed by atoms with Gasteiger partial charge in [0.15, 0.2) is 6.04 Å². The number of amides is 2. The van der Waals surface area contributed by atoms with Gasteiger partial charge in [-0.05, 0) is 0 Å². The van der Waals surface area contributed by atoms with Gasteiger partial charge < -0.3 is 25.5 Å². The van der Waals surface area contributed by atoms with Gasteiger partial charge in [-0.15, -0.1) is 0 Å². The van der Waals surface area contributed by atoms with Gasteiger partial charge in [-0.3, -0.25) is 4.90 Å². The summed E-state index contributed by atoms with van der Waals surface area (Å²) >= 11 is 0. The van der Waals surface area contributed by atoms with E-state index in [0.29, 0.717) is 32.7 Å². The molecule has 1 unspecified atom stereocenters. The van der Waals surface area contributed by atoms with E-state index < -0.39 is 24.6 Å². The third-order valence-corrected chi connectivity index (χ3v) is 2.85. The lowest BCUT2D eigenvalue weighted by molar-refractivity contribution is -0.140. The van der Waals surface area contributed by atoms with E-state index >= 15 is 0 Å². The Bertz CT molecular complexity index is 291. The minimum Gasteiger partial charge on any atom is -0.480 e. The number of piperazine rings is 1. The molecule has 1 fully saturated rings. The first-order valence-electron chi connectivity index (χ1n) is 5.80. The fourth-order valence-electron chi connectivity index (χ4n) is 1.74. The minimum absolute atomic E-state index is 0.0811. The van der Waals surface area contributed by atoms with E-state index in [1.54, 1.807) is 0 Å². The summed E-state index contributed by atoms with van der Waals surface area (Å²) in [5.41, 5.74) is 0. The first-order chi connectivity index (χ1) is 8.58. The van der Waals surface area contributed by atoms with E-state index in [0.717, 1.165) is 0 Å². The lowest BCUT2D eigenvalue weighted by Gasteiger charge is -2.34. The molecule has 0 aromatic heterocycles. The maximum atomic E-state index is 11.7. The van der Waals surface area contributed by atoms with E-state index in [2.05, 4.69) is 5.32 Å². The Morgan fingerprint density at radius 3 is 2.22 bits per heavy atom. The number of carboxylic acids is 1. The summed E-state index contributed by atoms with van der Waals surface area (Å²) in [5, 5.41) is 28.5. The fraction of sp³-hybridized carbons (Fsp3) is 0.800. The summed E-state index contributed by atoms with van der Waals surface area (Å²) in [7, 11) is 0. The van der Waals surface area contributed by atoms with Gasteiger partial charge in [-0.25, -0.2) is 9.59 Å². The second-order valence-corrected chi connectivity index (χ2v) is 4.08. The number of nitrogens with zero attached hydrogens (tertiary/aromatic N) is 2. The highest BCUT2D eigenvalue weighted by molar-refractivity contribution is 5.82. The van der Waals surface area contributed by atoms with Crippen LogP contribution in [0.25, 0.3) is 0 Å². The van der Waals surface area contributed by atoms with Gasteiger partial charge in [0, 0.05) is 32.7 Å². The van der Waals surface area contributed by atoms with Gasteiger partial charge in [0.2, 0.25) is 0 Å². The molecule has 8 heteroatoms. The van der Waals surface area contributed by atoms with Crippen molar-refractivity contribution in [1.29, 1.82) is 0 Å². The summed E-state index contributed by atoms with van der Waals surface area (Å²) in [5.74, 6) is -1.26. The molecule has 4 N–H and O–H groups in total. The number of rotatable bonds is 5. The Hall–Kier alpha value is -1.38. The molecule has 2 amide bonds. The fourth-order valence-corrected chi connectivity index (χ4v) is 1.74. The normalized spacial score (nSPS) is 18.4. The van der Waals surface area contributed by atoms with Crippen LogP contribution in [0.2, 0.25) is 0 Å². The monoisotopic (exact) mass is 261 g/mol. The van der Waals surface area contributed by atoms with Gasteiger partial charge in [0.25, 0.3) is 0 Å². The third kappa shape index (κ3) is 4.13. The van der Waals surface area contributed by atoms with Crippen molar-refractivity contribution in [1.82, 2.24) is 15.1 Å². The lowest BCUT2D eigenvalue weighted by Crippen LogP contribution is -2.55. The van der Waals surface area contributed by atoms with Crippen LogP contribution in [0, 0.1) is 0 Å². The van der Waals surface area contributed by atoms with Crippen molar-refractivity contribution >= 4 is 12.0 Å². The Kier molecular flexibility index (Phi) is 5.83. The van der Waals surface area contributed by atoms with E-state index in [1.807, 2.05) is 4.90 Å². The average molecular weight is 261 g/mol. The quantitative estimate of drug-likeness (QED) is 0.445. The van der Waals surface area contributed by atoms with Crippen LogP contribution in [0.3, 0.4) is 0 Å². The molecule has 0 spiro atoms. The molecule has 1 saturated heterocycles. The molecule has 0 radical (unpaired) electrons. The minimum atomic E-state index is -1.27. The Morgan fingerprint density at radius 2 is 1.78 bits per heavy atom. The molecular formula is C10H19N3O5. The van der Waals surface area contributed by atoms with Gasteiger partial charge in [0.1, 0.15) is 0 Å². The van der Waals surface area contributed by atoms with Crippen molar-refractivity contribution in [3.8, 4) is 0 Å². The average Bonchev–Trinajstić information content (AvgIpc) is 2.36. The van der Waals surface area contributed by atoms with Crippen molar-refractivity contribution in [2.75, 3.05) is 45.9 Å². The van der Waals surface area contributed by atoms with Gasteiger partial charge in [-0.1, -0.05) is 0 Å². The number of aliphatic hydroxyl groups excluding tert-OH is 2. The number of nitrogens with one attached hydrogen (secondary N) is 1. The maximum absolute atomic E-state index is 11.7. The molecule has 0 bridgehead atoms. The van der Waals surface area contributed by atoms with Gasteiger partial charge >= 0.3 is 12.0 Å². The summed E-state index contributed by atoms with van der Waals surface area (Å²) < 4.78 is 0. The number of carbonyl (C=O) groups excluding carboxylic acids is 1. The smallest absolute Gasteiger partial charge is 0.328 e. The molecule has 0 aromatic carbocycles. The largest absolute Gasteiger partial charge is 0.480 e. The molecule has 1 atom stereocenters. The highest BCUT2D eigenvalue weighted by atomic mass is 16.4. The second kappa shape index (κ2) is 7.14. The van der Waals surface area contributed by atoms with Crippen molar-refractivity contribution in [2.24, 2.45) is 0 Å². The van der Waals surface area contributed by atoms with Gasteiger partial charge in [-0.2, -0.15) is 0 Å². The van der Waals surface area contributed by atoms with Crippen LogP contribution in [-0.2, 0) is 4.79 Å². The SMILES string of the molecule is O=C(O)C(CO)NC(=O)N1CCN(CCO)CC1. The maximum Gasteiger partial charge on any atom is 0.328 e. The molecule has 1 heterocycles. The summed E-state index contributed by atoms with van der Waals surface area (Å²) in [6.07, 6.45) is 0. The molecular weight excluding hydrogens is 242 g/mol. The van der Waals surface area contributed by atoms with Gasteiger partial charge in [0.05, 0.1) is 13.2 Å². The number of carbonyl (C=O) groups is 2. The first-order valence-corrected chi connectivity index (χ1v) is 5.80. The zero-order valence-electron chi connectivity index (χ0n) is 10.1. The highest BCUT2D eigenvalue weighted by Gasteiger charge is 2.25. The zero-order valence-corrected chi connectivity index (χ0v) is 10.1. The standard InChI is InChI=1S/C10H19N3O5/c14-6-5-12-1-3-13(4-2-12)10(18)11-8(7-15)9(16)17/h8,14-15H,1-7H2,(H,11,18)(H,16,17). The van der Waals surface area contributed by atoms with Crippen LogP contribution in [-0.4, -0.2) is 89.1 Å². The Morgan fingerprint density at radius 1 is 1.17 bits per heavy atom. The van der Waals surface area contributed by atoms with E-state index in [1.165, 1.54) is 4.90 Å². The topological polar surface area (TPSA) is 113 Å². The molecule has 0 aliphatic carbocycles. The number of aliphatic hydroxyl groups is 2. The molecule has 1 rings (SSSR count). The summed E-state index contributed by atoms with van der Waals surface area (Å²) in [6, 6.07) is -1.76. The van der Waals surface area contributed by atoms with E-state index in [-0.39, 0.29) is 6.61 Å². The van der Waals surface area contributed by atoms with Crippen LogP contribution in [0.15, 0.2) is 0 Å². The highest BCUT2D eigenvalue weighted by Crippen LogP contribution is 2.02. The third-order valence-electron chi connectivity index (χ3n) is 2.85. The molecule has 104 valence electrons. The first kappa shape index (κ1) is 14.7. The molecule has 18 heavy (non-hydrogen) atoms. The summed E-state index contributed by atoms with van der Waals surface area (Å²) in [4.78, 5) is 25.9. The van der Waals surface area contributed by atoms with E-state index in [4.69, 9.17) is 15.3 Å². The number of urea groups is 1. The van der Waals surface area contributed by atoms with Crippen molar-refractivity contribution in [3.63, 3.8) is 0 Å². The molecule has 0 saturated carbocycles. The predicted octanol–water partition coefficient (Wildman–Crippen LogP) is -2.25. The van der Waals surface area contributed by atoms with E-state index in [9.17, 15) is 9.59 Å². The predicted molar refractivity (Wildman–Crippen MR) is 62.1 cm³/mol. The van der Waals surface area contributed by atoms with Crippen LogP contribution in [0.1, 0.15) is 0 Å². The van der Waals surface area contributed by atoms with Crippen molar-refractivity contribution in [2.45, 2.75) is 6.04 Å². The number of carboxylic acid groups (broad SMARTS) is 1. The number of hydrogen-bond donors (Lipinski definition) is 4. The second-order valence-electron chi connectivity index (χ2n) is 4.08. The number of β-amino-alcohol motifs (C(OH)–C–C–N with tert-alkyl or cyclic N) is 1. The van der Waals surface area contributed by atoms with Crippen molar-refractivity contribution in [3.05, 3.63) is 0 Å².